The van der Waals surface area contributed by atoms with Gasteiger partial charge < -0.3 is 9.31 Å². The topological polar surface area (TPSA) is 69.7 Å². The third-order valence-electron chi connectivity index (χ3n) is 5.80. The van der Waals surface area contributed by atoms with E-state index in [0.29, 0.717) is 16.6 Å². The van der Waals surface area contributed by atoms with Crippen LogP contribution in [0.1, 0.15) is 56.1 Å². The van der Waals surface area contributed by atoms with Crippen LogP contribution < -0.4 is 5.46 Å². The van der Waals surface area contributed by atoms with Gasteiger partial charge in [0, 0.05) is 16.9 Å². The van der Waals surface area contributed by atoms with Gasteiger partial charge in [-0.05, 0) is 69.1 Å². The number of sulfone groups is 1. The quantitative estimate of drug-likeness (QED) is 0.518. The Labute approximate surface area is 177 Å². The Hall–Kier alpha value is -2.03. The molecule has 2 aromatic rings. The van der Waals surface area contributed by atoms with E-state index in [0.717, 1.165) is 0 Å². The molecule has 0 amide bonds. The van der Waals surface area contributed by atoms with Crippen LogP contribution >= 0.6 is 0 Å². The average Bonchev–Trinajstić information content (AvgIpc) is 2.88. The van der Waals surface area contributed by atoms with Gasteiger partial charge in [-0.15, -0.1) is 0 Å². The Bertz CT molecular complexity index is 1050. The molecule has 8 heteroatoms. The lowest BCUT2D eigenvalue weighted by atomic mass is 9.74. The molecular formula is C22H26BFO5S. The van der Waals surface area contributed by atoms with Crippen molar-refractivity contribution in [3.05, 3.63) is 65.0 Å². The van der Waals surface area contributed by atoms with Crippen molar-refractivity contribution >= 4 is 28.2 Å². The molecule has 1 saturated heterocycles. The van der Waals surface area contributed by atoms with Gasteiger partial charge in [0.25, 0.3) is 0 Å². The normalized spacial score (nSPS) is 17.9. The summed E-state index contributed by atoms with van der Waals surface area (Å²) in [7, 11) is -4.06. The molecule has 2 aromatic carbocycles. The van der Waals surface area contributed by atoms with E-state index in [1.807, 2.05) is 27.7 Å². The molecule has 1 heterocycles. The molecule has 0 N–H and O–H groups in total. The molecule has 1 aliphatic rings. The van der Waals surface area contributed by atoms with E-state index in [9.17, 15) is 17.6 Å². The molecule has 0 atom stereocenters. The number of benzene rings is 2. The van der Waals surface area contributed by atoms with Crippen molar-refractivity contribution in [2.24, 2.45) is 0 Å². The number of halogens is 1. The summed E-state index contributed by atoms with van der Waals surface area (Å²) in [4.78, 5) is 13.3. The highest BCUT2D eigenvalue weighted by atomic mass is 32.2. The smallest absolute Gasteiger partial charge is 0.399 e. The maximum Gasteiger partial charge on any atom is 0.495 e. The molecular weight excluding hydrogens is 406 g/mol. The highest BCUT2D eigenvalue weighted by Crippen LogP contribution is 2.37. The molecule has 5 nitrogen and oxygen atoms in total. The van der Waals surface area contributed by atoms with Gasteiger partial charge in [0.2, 0.25) is 0 Å². The van der Waals surface area contributed by atoms with Gasteiger partial charge >= 0.3 is 7.12 Å². The largest absolute Gasteiger partial charge is 0.495 e. The molecule has 0 spiro atoms. The zero-order valence-electron chi connectivity index (χ0n) is 17.9. The molecule has 0 saturated carbocycles. The van der Waals surface area contributed by atoms with Crippen molar-refractivity contribution in [3.8, 4) is 0 Å². The molecule has 0 unspecified atom stereocenters. The Morgan fingerprint density at radius 2 is 1.57 bits per heavy atom. The van der Waals surface area contributed by atoms with E-state index in [1.165, 1.54) is 24.3 Å². The number of hydrogen-bond donors (Lipinski definition) is 0. The second kappa shape index (κ2) is 7.91. The number of ketones is 1. The number of rotatable bonds is 6. The lowest BCUT2D eigenvalue weighted by Crippen LogP contribution is -2.41. The maximum atomic E-state index is 13.3. The molecule has 160 valence electrons. The molecule has 1 aliphatic heterocycles. The maximum absolute atomic E-state index is 13.3. The SMILES string of the molecule is CCS(=O)(=O)Cc1ccc(B2OC(C)(C)C(C)(C)O2)c(C(=O)c2ccc(F)cc2)c1. The first-order valence-electron chi connectivity index (χ1n) is 9.84. The van der Waals surface area contributed by atoms with Crippen LogP contribution in [0.15, 0.2) is 42.5 Å². The van der Waals surface area contributed by atoms with E-state index >= 15 is 0 Å². The summed E-state index contributed by atoms with van der Waals surface area (Å²) in [6.07, 6.45) is 0. The van der Waals surface area contributed by atoms with Crippen LogP contribution in [0.2, 0.25) is 0 Å². The fraction of sp³-hybridized carbons (Fsp3) is 0.409. The van der Waals surface area contributed by atoms with Gasteiger partial charge in [-0.1, -0.05) is 19.1 Å². The van der Waals surface area contributed by atoms with Crippen molar-refractivity contribution < 1.29 is 26.9 Å². The minimum absolute atomic E-state index is 0.00716. The van der Waals surface area contributed by atoms with Crippen molar-refractivity contribution in [3.63, 3.8) is 0 Å². The standard InChI is InChI=1S/C22H26BFO5S/c1-6-30(26,27)14-15-7-12-19(23-28-21(2,3)22(4,5)29-23)18(13-15)20(25)16-8-10-17(24)11-9-16/h7-13H,6,14H2,1-5H3. The third-order valence-corrected chi connectivity index (χ3v) is 7.46. The third kappa shape index (κ3) is 4.50. The van der Waals surface area contributed by atoms with Crippen LogP contribution in [-0.4, -0.2) is 38.3 Å². The van der Waals surface area contributed by atoms with Crippen molar-refractivity contribution in [2.75, 3.05) is 5.75 Å². The first-order chi connectivity index (χ1) is 13.9. The molecule has 0 aromatic heterocycles. The van der Waals surface area contributed by atoms with Crippen LogP contribution in [0.4, 0.5) is 4.39 Å². The van der Waals surface area contributed by atoms with Crippen LogP contribution in [0.25, 0.3) is 0 Å². The van der Waals surface area contributed by atoms with E-state index in [4.69, 9.17) is 9.31 Å². The second-order valence-electron chi connectivity index (χ2n) is 8.52. The summed E-state index contributed by atoms with van der Waals surface area (Å²) in [5.74, 6) is -0.958. The predicted molar refractivity (Wildman–Crippen MR) is 115 cm³/mol. The van der Waals surface area contributed by atoms with Crippen LogP contribution in [-0.2, 0) is 24.9 Å². The Balaban J connectivity index is 2.08. The molecule has 3 rings (SSSR count). The van der Waals surface area contributed by atoms with Crippen LogP contribution in [0.3, 0.4) is 0 Å². The van der Waals surface area contributed by atoms with Gasteiger partial charge in [-0.2, -0.15) is 0 Å². The predicted octanol–water partition coefficient (Wildman–Crippen LogP) is 3.29. The summed E-state index contributed by atoms with van der Waals surface area (Å²) >= 11 is 0. The first kappa shape index (κ1) is 22.7. The zero-order valence-corrected chi connectivity index (χ0v) is 18.7. The summed E-state index contributed by atoms with van der Waals surface area (Å²) in [6.45, 7) is 9.24. The molecule has 1 fully saturated rings. The monoisotopic (exact) mass is 432 g/mol. The Kier molecular flexibility index (Phi) is 5.97. The highest BCUT2D eigenvalue weighted by molar-refractivity contribution is 7.90. The summed E-state index contributed by atoms with van der Waals surface area (Å²) in [5.41, 5.74) is 0.396. The fourth-order valence-corrected chi connectivity index (χ4v) is 4.07. The molecule has 30 heavy (non-hydrogen) atoms. The van der Waals surface area contributed by atoms with Crippen molar-refractivity contribution in [1.82, 2.24) is 0 Å². The van der Waals surface area contributed by atoms with Gasteiger partial charge in [-0.3, -0.25) is 4.79 Å². The van der Waals surface area contributed by atoms with Crippen LogP contribution in [0.5, 0.6) is 0 Å². The van der Waals surface area contributed by atoms with Gasteiger partial charge in [0.05, 0.1) is 17.0 Å². The molecule has 0 aliphatic carbocycles. The summed E-state index contributed by atoms with van der Waals surface area (Å²) < 4.78 is 49.7. The summed E-state index contributed by atoms with van der Waals surface area (Å²) in [5, 5.41) is 0. The second-order valence-corrected chi connectivity index (χ2v) is 10.9. The van der Waals surface area contributed by atoms with E-state index in [1.54, 1.807) is 25.1 Å². The number of carbonyl (C=O) groups is 1. The molecule has 0 bridgehead atoms. The average molecular weight is 432 g/mol. The minimum atomic E-state index is -3.28. The lowest BCUT2D eigenvalue weighted by molar-refractivity contribution is 0.00578. The van der Waals surface area contributed by atoms with Crippen LogP contribution in [0, 0.1) is 5.82 Å². The van der Waals surface area contributed by atoms with Gasteiger partial charge in [-0.25, -0.2) is 12.8 Å². The van der Waals surface area contributed by atoms with E-state index < -0.39 is 34.0 Å². The lowest BCUT2D eigenvalue weighted by Gasteiger charge is -2.32. The number of hydrogen-bond acceptors (Lipinski definition) is 5. The van der Waals surface area contributed by atoms with E-state index in [-0.39, 0.29) is 22.9 Å². The fourth-order valence-electron chi connectivity index (χ4n) is 3.18. The van der Waals surface area contributed by atoms with Gasteiger partial charge in [0.15, 0.2) is 15.6 Å². The van der Waals surface area contributed by atoms with Crippen molar-refractivity contribution in [1.29, 1.82) is 0 Å². The minimum Gasteiger partial charge on any atom is -0.399 e. The first-order valence-corrected chi connectivity index (χ1v) is 11.7. The summed E-state index contributed by atoms with van der Waals surface area (Å²) in [6, 6.07) is 10.2. The zero-order chi connectivity index (χ0) is 22.3. The Morgan fingerprint density at radius 3 is 2.10 bits per heavy atom. The van der Waals surface area contributed by atoms with Crippen molar-refractivity contribution in [2.45, 2.75) is 51.6 Å². The molecule has 0 radical (unpaired) electrons. The number of carbonyl (C=O) groups excluding carboxylic acids is 1. The van der Waals surface area contributed by atoms with Gasteiger partial charge in [0.1, 0.15) is 5.82 Å². The van der Waals surface area contributed by atoms with E-state index in [2.05, 4.69) is 0 Å². The highest BCUT2D eigenvalue weighted by Gasteiger charge is 2.52. The Morgan fingerprint density at radius 1 is 1.00 bits per heavy atom.